The molecule has 0 amide bonds. The maximum absolute atomic E-state index is 6.40. The van der Waals surface area contributed by atoms with E-state index in [1.807, 2.05) is 43.3 Å². The summed E-state index contributed by atoms with van der Waals surface area (Å²) in [6.45, 7) is 1.97. The van der Waals surface area contributed by atoms with Gasteiger partial charge in [-0.3, -0.25) is 5.84 Å². The van der Waals surface area contributed by atoms with Gasteiger partial charge in [0.1, 0.15) is 0 Å². The monoisotopic (exact) mass is 306 g/mol. The molecule has 3 N–H and O–H groups in total. The summed E-state index contributed by atoms with van der Waals surface area (Å²) in [5.41, 5.74) is 5.69. The van der Waals surface area contributed by atoms with Crippen LogP contribution in [0.4, 0.5) is 0 Å². The molecule has 0 bridgehead atoms. The summed E-state index contributed by atoms with van der Waals surface area (Å²) in [4.78, 5) is 0. The van der Waals surface area contributed by atoms with E-state index < -0.39 is 0 Å². The van der Waals surface area contributed by atoms with E-state index in [4.69, 9.17) is 26.9 Å². The molecule has 2 aromatic carbocycles. The average Bonchev–Trinajstić information content (AvgIpc) is 2.51. The fourth-order valence-electron chi connectivity index (χ4n) is 2.29. The Kier molecular flexibility index (Phi) is 5.07. The number of halogens is 1. The van der Waals surface area contributed by atoms with Gasteiger partial charge in [0, 0.05) is 5.02 Å². The lowest BCUT2D eigenvalue weighted by Crippen LogP contribution is -2.29. The smallest absolute Gasteiger partial charge is 0.161 e. The topological polar surface area (TPSA) is 56.5 Å². The molecule has 2 aromatic rings. The molecule has 0 heterocycles. The molecule has 0 spiro atoms. The Labute approximate surface area is 129 Å². The lowest BCUT2D eigenvalue weighted by Gasteiger charge is -2.20. The van der Waals surface area contributed by atoms with E-state index in [0.717, 1.165) is 16.7 Å². The summed E-state index contributed by atoms with van der Waals surface area (Å²) < 4.78 is 10.6. The van der Waals surface area contributed by atoms with E-state index >= 15 is 0 Å². The first kappa shape index (κ1) is 15.6. The van der Waals surface area contributed by atoms with Crippen LogP contribution < -0.4 is 20.7 Å². The molecule has 1 atom stereocenters. The van der Waals surface area contributed by atoms with Crippen LogP contribution in [0.3, 0.4) is 0 Å². The molecule has 0 aromatic heterocycles. The van der Waals surface area contributed by atoms with Gasteiger partial charge in [-0.1, -0.05) is 35.9 Å². The number of methoxy groups -OCH3 is 2. The summed E-state index contributed by atoms with van der Waals surface area (Å²) in [6, 6.07) is 11.3. The van der Waals surface area contributed by atoms with Gasteiger partial charge in [-0.05, 0) is 35.7 Å². The van der Waals surface area contributed by atoms with Crippen LogP contribution in [0.5, 0.6) is 11.5 Å². The second-order valence-corrected chi connectivity index (χ2v) is 5.07. The number of ether oxygens (including phenoxy) is 2. The fourth-order valence-corrected chi connectivity index (χ4v) is 2.53. The molecule has 0 aliphatic carbocycles. The number of benzene rings is 2. The maximum atomic E-state index is 6.40. The Morgan fingerprint density at radius 1 is 1.10 bits per heavy atom. The molecule has 0 aliphatic heterocycles. The van der Waals surface area contributed by atoms with Crippen molar-refractivity contribution in [3.8, 4) is 11.5 Å². The highest BCUT2D eigenvalue weighted by Gasteiger charge is 2.18. The lowest BCUT2D eigenvalue weighted by molar-refractivity contribution is 0.354. The normalized spacial score (nSPS) is 12.0. The van der Waals surface area contributed by atoms with Gasteiger partial charge in [-0.2, -0.15) is 0 Å². The number of rotatable bonds is 5. The first-order valence-electron chi connectivity index (χ1n) is 6.55. The number of aryl methyl sites for hydroxylation is 1. The second-order valence-electron chi connectivity index (χ2n) is 4.69. The standard InChI is InChI=1S/C16H19ClN2O2/c1-10-5-4-6-12(15(10)17)16(19-18)11-7-8-13(20-2)14(9-11)21-3/h4-9,16,19H,18H2,1-3H3. The first-order chi connectivity index (χ1) is 10.1. The minimum Gasteiger partial charge on any atom is -0.493 e. The van der Waals surface area contributed by atoms with Crippen molar-refractivity contribution >= 4 is 11.6 Å². The summed E-state index contributed by atoms with van der Waals surface area (Å²) in [6.07, 6.45) is 0. The summed E-state index contributed by atoms with van der Waals surface area (Å²) in [5, 5.41) is 0.704. The Balaban J connectivity index is 2.49. The molecule has 0 fully saturated rings. The van der Waals surface area contributed by atoms with Crippen LogP contribution >= 0.6 is 11.6 Å². The number of hydrogen-bond acceptors (Lipinski definition) is 4. The van der Waals surface area contributed by atoms with Gasteiger partial charge >= 0.3 is 0 Å². The van der Waals surface area contributed by atoms with E-state index in [9.17, 15) is 0 Å². The molecular weight excluding hydrogens is 288 g/mol. The maximum Gasteiger partial charge on any atom is 0.161 e. The average molecular weight is 307 g/mol. The van der Waals surface area contributed by atoms with Gasteiger partial charge in [-0.25, -0.2) is 5.43 Å². The van der Waals surface area contributed by atoms with Crippen molar-refractivity contribution in [3.63, 3.8) is 0 Å². The molecular formula is C16H19ClN2O2. The van der Waals surface area contributed by atoms with Crippen molar-refractivity contribution in [2.45, 2.75) is 13.0 Å². The first-order valence-corrected chi connectivity index (χ1v) is 6.93. The van der Waals surface area contributed by atoms with Crippen LogP contribution in [0.25, 0.3) is 0 Å². The fraction of sp³-hybridized carbons (Fsp3) is 0.250. The zero-order chi connectivity index (χ0) is 15.4. The number of nitrogens with two attached hydrogens (primary N) is 1. The van der Waals surface area contributed by atoms with Crippen LogP contribution in [-0.4, -0.2) is 14.2 Å². The molecule has 21 heavy (non-hydrogen) atoms. The SMILES string of the molecule is COc1ccc(C(NN)c2cccc(C)c2Cl)cc1OC. The molecule has 4 nitrogen and oxygen atoms in total. The van der Waals surface area contributed by atoms with Crippen LogP contribution in [-0.2, 0) is 0 Å². The predicted molar refractivity (Wildman–Crippen MR) is 84.9 cm³/mol. The molecule has 0 saturated carbocycles. The Morgan fingerprint density at radius 2 is 1.81 bits per heavy atom. The van der Waals surface area contributed by atoms with Gasteiger partial charge in [0.25, 0.3) is 0 Å². The zero-order valence-corrected chi connectivity index (χ0v) is 13.1. The van der Waals surface area contributed by atoms with E-state index in [1.165, 1.54) is 0 Å². The van der Waals surface area contributed by atoms with Crippen LogP contribution in [0.15, 0.2) is 36.4 Å². The highest BCUT2D eigenvalue weighted by molar-refractivity contribution is 6.32. The van der Waals surface area contributed by atoms with Crippen molar-refractivity contribution in [1.82, 2.24) is 5.43 Å². The van der Waals surface area contributed by atoms with Crippen molar-refractivity contribution in [3.05, 3.63) is 58.1 Å². The molecule has 5 heteroatoms. The van der Waals surface area contributed by atoms with E-state index in [-0.39, 0.29) is 6.04 Å². The molecule has 0 radical (unpaired) electrons. The van der Waals surface area contributed by atoms with Gasteiger partial charge < -0.3 is 9.47 Å². The van der Waals surface area contributed by atoms with Crippen molar-refractivity contribution in [2.75, 3.05) is 14.2 Å². The Morgan fingerprint density at radius 3 is 2.43 bits per heavy atom. The third-order valence-electron chi connectivity index (χ3n) is 3.44. The Bertz CT molecular complexity index is 632. The van der Waals surface area contributed by atoms with Crippen molar-refractivity contribution < 1.29 is 9.47 Å². The number of hydrogen-bond donors (Lipinski definition) is 2. The summed E-state index contributed by atoms with van der Waals surface area (Å²) in [5.74, 6) is 7.06. The van der Waals surface area contributed by atoms with E-state index in [2.05, 4.69) is 5.43 Å². The van der Waals surface area contributed by atoms with Crippen LogP contribution in [0.2, 0.25) is 5.02 Å². The van der Waals surface area contributed by atoms with Gasteiger partial charge in [0.2, 0.25) is 0 Å². The lowest BCUT2D eigenvalue weighted by atomic mass is 9.97. The number of nitrogens with one attached hydrogen (secondary N) is 1. The predicted octanol–water partition coefficient (Wildman–Crippen LogP) is 3.22. The largest absolute Gasteiger partial charge is 0.493 e. The highest BCUT2D eigenvalue weighted by atomic mass is 35.5. The third kappa shape index (κ3) is 3.13. The Hall–Kier alpha value is -1.75. The minimum absolute atomic E-state index is 0.225. The van der Waals surface area contributed by atoms with E-state index in [1.54, 1.807) is 14.2 Å². The van der Waals surface area contributed by atoms with Gasteiger partial charge in [0.05, 0.1) is 20.3 Å². The van der Waals surface area contributed by atoms with Gasteiger partial charge in [0.15, 0.2) is 11.5 Å². The van der Waals surface area contributed by atoms with Crippen LogP contribution in [0, 0.1) is 6.92 Å². The third-order valence-corrected chi connectivity index (χ3v) is 3.96. The van der Waals surface area contributed by atoms with Crippen molar-refractivity contribution in [2.24, 2.45) is 5.84 Å². The molecule has 0 saturated heterocycles. The zero-order valence-electron chi connectivity index (χ0n) is 12.3. The van der Waals surface area contributed by atoms with Crippen LogP contribution in [0.1, 0.15) is 22.7 Å². The van der Waals surface area contributed by atoms with Crippen molar-refractivity contribution in [1.29, 1.82) is 0 Å². The number of hydrazine groups is 1. The minimum atomic E-state index is -0.225. The molecule has 1 unspecified atom stereocenters. The van der Waals surface area contributed by atoms with E-state index in [0.29, 0.717) is 16.5 Å². The van der Waals surface area contributed by atoms with Gasteiger partial charge in [-0.15, -0.1) is 0 Å². The summed E-state index contributed by atoms with van der Waals surface area (Å²) in [7, 11) is 3.21. The molecule has 112 valence electrons. The molecule has 0 aliphatic rings. The molecule has 2 rings (SSSR count). The quantitative estimate of drug-likeness (QED) is 0.658. The summed E-state index contributed by atoms with van der Waals surface area (Å²) >= 11 is 6.40. The highest BCUT2D eigenvalue weighted by Crippen LogP contribution is 2.34. The second kappa shape index (κ2) is 6.80.